The molecular weight excluding hydrogens is 358 g/mol. The number of ether oxygens (including phenoxy) is 3. The average molecular weight is 378 g/mol. The van der Waals surface area contributed by atoms with Gasteiger partial charge in [-0.1, -0.05) is 6.92 Å². The third-order valence-electron chi connectivity index (χ3n) is 3.91. The summed E-state index contributed by atoms with van der Waals surface area (Å²) in [6.07, 6.45) is 0.577. The molecule has 0 aliphatic carbocycles. The van der Waals surface area contributed by atoms with Gasteiger partial charge in [-0.25, -0.2) is 13.6 Å². The second kappa shape index (κ2) is 8.54. The first-order valence-electron chi connectivity index (χ1n) is 8.42. The lowest BCUT2D eigenvalue weighted by Crippen LogP contribution is -2.25. The Balaban J connectivity index is 2.61. The van der Waals surface area contributed by atoms with Gasteiger partial charge >= 0.3 is 5.97 Å². The molecule has 1 aliphatic rings. The molecule has 0 amide bonds. The van der Waals surface area contributed by atoms with Gasteiger partial charge in [0, 0.05) is 0 Å². The van der Waals surface area contributed by atoms with Crippen molar-refractivity contribution in [1.29, 1.82) is 5.26 Å². The molecule has 0 saturated heterocycles. The van der Waals surface area contributed by atoms with Gasteiger partial charge in [0.15, 0.2) is 17.4 Å². The van der Waals surface area contributed by atoms with Gasteiger partial charge < -0.3 is 19.9 Å². The van der Waals surface area contributed by atoms with Crippen molar-refractivity contribution in [2.24, 2.45) is 5.73 Å². The molecular formula is C19H20F2N2O4. The SMILES string of the molecule is CCCOc1c(F)cc(C2C(C#N)=C(N)OC(C)=C2C(=O)OCC)cc1F. The van der Waals surface area contributed by atoms with Crippen molar-refractivity contribution >= 4 is 5.97 Å². The smallest absolute Gasteiger partial charge is 0.338 e. The molecule has 6 nitrogen and oxygen atoms in total. The molecule has 2 N–H and O–H groups in total. The summed E-state index contributed by atoms with van der Waals surface area (Å²) in [7, 11) is 0. The lowest BCUT2D eigenvalue weighted by molar-refractivity contribution is -0.139. The summed E-state index contributed by atoms with van der Waals surface area (Å²) >= 11 is 0. The van der Waals surface area contributed by atoms with Crippen LogP contribution in [0.15, 0.2) is 34.9 Å². The van der Waals surface area contributed by atoms with E-state index in [2.05, 4.69) is 0 Å². The number of halogens is 2. The van der Waals surface area contributed by atoms with Crippen LogP contribution in [0.4, 0.5) is 8.78 Å². The first kappa shape index (κ1) is 20.2. The summed E-state index contributed by atoms with van der Waals surface area (Å²) < 4.78 is 44.2. The van der Waals surface area contributed by atoms with Crippen LogP contribution in [0.1, 0.15) is 38.7 Å². The molecule has 8 heteroatoms. The van der Waals surface area contributed by atoms with Crippen LogP contribution in [0.2, 0.25) is 0 Å². The molecule has 0 aromatic heterocycles. The molecule has 1 atom stereocenters. The van der Waals surface area contributed by atoms with E-state index in [0.29, 0.717) is 6.42 Å². The van der Waals surface area contributed by atoms with E-state index < -0.39 is 29.3 Å². The molecule has 1 aromatic rings. The topological polar surface area (TPSA) is 94.6 Å². The maximum Gasteiger partial charge on any atom is 0.338 e. The average Bonchev–Trinajstić information content (AvgIpc) is 2.60. The normalized spacial score (nSPS) is 16.7. The van der Waals surface area contributed by atoms with Gasteiger partial charge in [0.1, 0.15) is 17.4 Å². The van der Waals surface area contributed by atoms with Crippen LogP contribution in [0, 0.1) is 23.0 Å². The van der Waals surface area contributed by atoms with E-state index in [9.17, 15) is 18.8 Å². The molecule has 1 heterocycles. The van der Waals surface area contributed by atoms with Crippen LogP contribution in [-0.2, 0) is 14.3 Å². The molecule has 2 rings (SSSR count). The molecule has 0 fully saturated rings. The van der Waals surface area contributed by atoms with Gasteiger partial charge in [0.25, 0.3) is 0 Å². The number of carbonyl (C=O) groups excluding carboxylic acids is 1. The van der Waals surface area contributed by atoms with Gasteiger partial charge in [-0.2, -0.15) is 5.26 Å². The molecule has 144 valence electrons. The van der Waals surface area contributed by atoms with Crippen molar-refractivity contribution < 1.29 is 27.8 Å². The molecule has 1 aliphatic heterocycles. The lowest BCUT2D eigenvalue weighted by atomic mass is 9.83. The Kier molecular flexibility index (Phi) is 6.40. The summed E-state index contributed by atoms with van der Waals surface area (Å²) in [6.45, 7) is 5.11. The minimum atomic E-state index is -1.12. The monoisotopic (exact) mass is 378 g/mol. The number of nitrogens with zero attached hydrogens (tertiary/aromatic N) is 1. The second-order valence-electron chi connectivity index (χ2n) is 5.78. The van der Waals surface area contributed by atoms with Gasteiger partial charge in [-0.05, 0) is 38.0 Å². The summed E-state index contributed by atoms with van der Waals surface area (Å²) in [5.41, 5.74) is 5.61. The predicted octanol–water partition coefficient (Wildman–Crippen LogP) is 3.40. The number of rotatable bonds is 6. The van der Waals surface area contributed by atoms with E-state index in [-0.39, 0.29) is 41.6 Å². The largest absolute Gasteiger partial charge is 0.488 e. The highest BCUT2D eigenvalue weighted by molar-refractivity contribution is 5.92. The van der Waals surface area contributed by atoms with Crippen molar-refractivity contribution in [1.82, 2.24) is 0 Å². The first-order chi connectivity index (χ1) is 12.8. The molecule has 1 unspecified atom stereocenters. The quantitative estimate of drug-likeness (QED) is 0.763. The van der Waals surface area contributed by atoms with E-state index in [4.69, 9.17) is 19.9 Å². The lowest BCUT2D eigenvalue weighted by Gasteiger charge is -2.27. The minimum Gasteiger partial charge on any atom is -0.488 e. The van der Waals surface area contributed by atoms with Crippen molar-refractivity contribution in [3.05, 3.63) is 52.1 Å². The van der Waals surface area contributed by atoms with Crippen LogP contribution in [0.25, 0.3) is 0 Å². The Morgan fingerprint density at radius 1 is 1.33 bits per heavy atom. The number of hydrogen-bond donors (Lipinski definition) is 1. The van der Waals surface area contributed by atoms with Crippen molar-refractivity contribution in [3.63, 3.8) is 0 Å². The fraction of sp³-hybridized carbons (Fsp3) is 0.368. The molecule has 1 aromatic carbocycles. The zero-order chi connectivity index (χ0) is 20.1. The van der Waals surface area contributed by atoms with E-state index in [1.807, 2.05) is 6.07 Å². The third-order valence-corrected chi connectivity index (χ3v) is 3.91. The van der Waals surface area contributed by atoms with E-state index in [1.54, 1.807) is 13.8 Å². The van der Waals surface area contributed by atoms with Crippen LogP contribution >= 0.6 is 0 Å². The number of esters is 1. The minimum absolute atomic E-state index is 0.0269. The van der Waals surface area contributed by atoms with Crippen LogP contribution in [0.5, 0.6) is 5.75 Å². The highest BCUT2D eigenvalue weighted by Gasteiger charge is 2.37. The van der Waals surface area contributed by atoms with Gasteiger partial charge in [-0.15, -0.1) is 0 Å². The number of benzene rings is 1. The summed E-state index contributed by atoms with van der Waals surface area (Å²) in [5, 5.41) is 9.46. The van der Waals surface area contributed by atoms with Crippen LogP contribution in [-0.4, -0.2) is 19.2 Å². The van der Waals surface area contributed by atoms with Crippen molar-refractivity contribution in [3.8, 4) is 11.8 Å². The first-order valence-corrected chi connectivity index (χ1v) is 8.42. The number of allylic oxidation sites excluding steroid dienone is 2. The summed E-state index contributed by atoms with van der Waals surface area (Å²) in [4.78, 5) is 12.4. The Labute approximate surface area is 155 Å². The second-order valence-corrected chi connectivity index (χ2v) is 5.78. The zero-order valence-electron chi connectivity index (χ0n) is 15.3. The van der Waals surface area contributed by atoms with Crippen LogP contribution < -0.4 is 10.5 Å². The molecule has 0 radical (unpaired) electrons. The third kappa shape index (κ3) is 4.03. The Morgan fingerprint density at radius 3 is 2.48 bits per heavy atom. The molecule has 0 spiro atoms. The van der Waals surface area contributed by atoms with Gasteiger partial charge in [-0.3, -0.25) is 0 Å². The highest BCUT2D eigenvalue weighted by atomic mass is 19.1. The zero-order valence-corrected chi connectivity index (χ0v) is 15.3. The Hall–Kier alpha value is -3.08. The Morgan fingerprint density at radius 2 is 1.96 bits per heavy atom. The molecule has 0 bridgehead atoms. The van der Waals surface area contributed by atoms with Gasteiger partial charge in [0.05, 0.1) is 24.7 Å². The standard InChI is InChI=1S/C19H20F2N2O4/c1-4-6-26-17-13(20)7-11(8-14(17)21)16-12(9-22)18(23)27-10(3)15(16)19(24)25-5-2/h7-8,16H,4-6,23H2,1-3H3. The van der Waals surface area contributed by atoms with E-state index >= 15 is 0 Å². The maximum atomic E-state index is 14.4. The van der Waals surface area contributed by atoms with E-state index in [1.165, 1.54) is 6.92 Å². The summed E-state index contributed by atoms with van der Waals surface area (Å²) in [5.74, 6) is -4.41. The van der Waals surface area contributed by atoms with Gasteiger partial charge in [0.2, 0.25) is 5.88 Å². The number of nitrogens with two attached hydrogens (primary N) is 1. The maximum absolute atomic E-state index is 14.4. The number of hydrogen-bond acceptors (Lipinski definition) is 6. The Bertz CT molecular complexity index is 833. The number of nitriles is 1. The number of carbonyl (C=O) groups is 1. The predicted molar refractivity (Wildman–Crippen MR) is 92.1 cm³/mol. The van der Waals surface area contributed by atoms with Crippen molar-refractivity contribution in [2.45, 2.75) is 33.1 Å². The van der Waals surface area contributed by atoms with Crippen LogP contribution in [0.3, 0.4) is 0 Å². The molecule has 27 heavy (non-hydrogen) atoms. The molecule has 0 saturated carbocycles. The fourth-order valence-corrected chi connectivity index (χ4v) is 2.78. The highest BCUT2D eigenvalue weighted by Crippen LogP contribution is 2.41. The van der Waals surface area contributed by atoms with Crippen molar-refractivity contribution in [2.75, 3.05) is 13.2 Å². The van der Waals surface area contributed by atoms with E-state index in [0.717, 1.165) is 12.1 Å². The fourth-order valence-electron chi connectivity index (χ4n) is 2.78. The summed E-state index contributed by atoms with van der Waals surface area (Å²) in [6, 6.07) is 3.88.